The average molecular weight is 887 g/mol. The summed E-state index contributed by atoms with van der Waals surface area (Å²) in [5.74, 6) is 1.72. The topological polar surface area (TPSA) is 43.6 Å². The van der Waals surface area contributed by atoms with Crippen molar-refractivity contribution in [3.05, 3.63) is 260 Å². The second-order valence-corrected chi connectivity index (χ2v) is 18.5. The lowest BCUT2D eigenvalue weighted by molar-refractivity contribution is 0.684. The molecule has 0 N–H and O–H groups in total. The first-order valence-corrected chi connectivity index (χ1v) is 24.0. The summed E-state index contributed by atoms with van der Waals surface area (Å²) in [5, 5.41) is 5.03. The molecule has 68 heavy (non-hydrogen) atoms. The van der Waals surface area contributed by atoms with Crippen molar-refractivity contribution in [2.24, 2.45) is 0 Å². The van der Waals surface area contributed by atoms with Crippen LogP contribution in [-0.4, -0.2) is 19.5 Å². The van der Waals surface area contributed by atoms with Gasteiger partial charge in [-0.15, -0.1) is 11.3 Å². The Morgan fingerprint density at radius 2 is 0.897 bits per heavy atom. The highest BCUT2D eigenvalue weighted by molar-refractivity contribution is 7.26. The van der Waals surface area contributed by atoms with Crippen LogP contribution in [0.15, 0.2) is 243 Å². The second kappa shape index (κ2) is 16.7. The molecule has 13 rings (SSSR count). The van der Waals surface area contributed by atoms with E-state index in [1.54, 1.807) is 0 Å². The van der Waals surface area contributed by atoms with E-state index in [2.05, 4.69) is 211 Å². The number of rotatable bonds is 8. The van der Waals surface area contributed by atoms with E-state index in [4.69, 9.17) is 15.0 Å². The van der Waals surface area contributed by atoms with E-state index < -0.39 is 0 Å². The smallest absolute Gasteiger partial charge is 0.163 e. The molecule has 4 nitrogen and oxygen atoms in total. The third kappa shape index (κ3) is 6.95. The van der Waals surface area contributed by atoms with E-state index >= 15 is 0 Å². The molecule has 1 aliphatic carbocycles. The van der Waals surface area contributed by atoms with Crippen molar-refractivity contribution in [1.29, 1.82) is 0 Å². The van der Waals surface area contributed by atoms with Crippen LogP contribution in [-0.2, 0) is 0 Å². The van der Waals surface area contributed by atoms with Crippen LogP contribution < -0.4 is 0 Å². The number of hydrogen-bond acceptors (Lipinski definition) is 4. The van der Waals surface area contributed by atoms with Gasteiger partial charge in [0.2, 0.25) is 0 Å². The molecule has 3 heterocycles. The summed E-state index contributed by atoms with van der Waals surface area (Å²) in [5.41, 5.74) is 13.7. The number of aromatic nitrogens is 4. The molecule has 2 unspecified atom stereocenters. The molecule has 3 aromatic heterocycles. The van der Waals surface area contributed by atoms with Gasteiger partial charge < -0.3 is 4.57 Å². The quantitative estimate of drug-likeness (QED) is 0.153. The van der Waals surface area contributed by atoms with Gasteiger partial charge in [-0.2, -0.15) is 0 Å². The van der Waals surface area contributed by atoms with Gasteiger partial charge in [0.25, 0.3) is 0 Å². The fourth-order valence-corrected chi connectivity index (χ4v) is 11.6. The minimum atomic E-state index is -0.241. The van der Waals surface area contributed by atoms with E-state index in [1.165, 1.54) is 69.8 Å². The second-order valence-electron chi connectivity index (χ2n) is 17.5. The van der Waals surface area contributed by atoms with Crippen molar-refractivity contribution in [2.45, 2.75) is 11.8 Å². The molecule has 12 aromatic rings. The van der Waals surface area contributed by atoms with Crippen LogP contribution in [0, 0.1) is 0 Å². The van der Waals surface area contributed by atoms with Crippen molar-refractivity contribution in [2.75, 3.05) is 0 Å². The van der Waals surface area contributed by atoms with Gasteiger partial charge in [0, 0.05) is 54.9 Å². The van der Waals surface area contributed by atoms with Crippen molar-refractivity contribution in [1.82, 2.24) is 19.5 Å². The zero-order valence-electron chi connectivity index (χ0n) is 36.9. The standard InChI is InChI=1S/C63H42N4S/c1-6-19-41(20-7-1)46-37-47(42-21-8-2-9-22-42)39-48(38-46)45-33-34-50(56(40-45)63-65-61(43-23-10-3-11-24-43)64-62(66-63)44-25-12-4-13-26-44)53-30-18-31-54-55-36-35-52-51-29-16-17-32-57(51)67(49-27-14-5-15-28-49)58(52)60(55)68-59(53)54/h1-40,50,56H. The molecule has 0 radical (unpaired) electrons. The van der Waals surface area contributed by atoms with Crippen molar-refractivity contribution in [3.63, 3.8) is 0 Å². The van der Waals surface area contributed by atoms with Gasteiger partial charge in [-0.3, -0.25) is 0 Å². The zero-order chi connectivity index (χ0) is 45.0. The van der Waals surface area contributed by atoms with E-state index in [1.807, 2.05) is 47.7 Å². The molecule has 0 spiro atoms. The van der Waals surface area contributed by atoms with Gasteiger partial charge in [0.05, 0.1) is 15.7 Å². The molecule has 0 aliphatic heterocycles. The van der Waals surface area contributed by atoms with Gasteiger partial charge in [-0.25, -0.2) is 15.0 Å². The van der Waals surface area contributed by atoms with Crippen LogP contribution in [0.3, 0.4) is 0 Å². The predicted octanol–water partition coefficient (Wildman–Crippen LogP) is 16.5. The fourth-order valence-electron chi connectivity index (χ4n) is 10.2. The molecule has 2 atom stereocenters. The maximum absolute atomic E-state index is 5.42. The number of allylic oxidation sites excluding steroid dienone is 4. The highest BCUT2D eigenvalue weighted by Crippen LogP contribution is 2.49. The summed E-state index contributed by atoms with van der Waals surface area (Å²) in [4.78, 5) is 16.0. The highest BCUT2D eigenvalue weighted by Gasteiger charge is 2.31. The van der Waals surface area contributed by atoms with Crippen LogP contribution >= 0.6 is 11.3 Å². The average Bonchev–Trinajstić information content (AvgIpc) is 3.98. The fraction of sp³-hybridized carbons (Fsp3) is 0.0317. The highest BCUT2D eigenvalue weighted by atomic mass is 32.1. The van der Waals surface area contributed by atoms with Crippen molar-refractivity contribution in [3.8, 4) is 50.7 Å². The normalized spacial score (nSPS) is 14.8. The minimum absolute atomic E-state index is 0.0912. The number of benzene rings is 9. The molecule has 320 valence electrons. The summed E-state index contributed by atoms with van der Waals surface area (Å²) in [7, 11) is 0. The van der Waals surface area contributed by atoms with Crippen molar-refractivity contribution < 1.29 is 0 Å². The van der Waals surface area contributed by atoms with Crippen LogP contribution in [0.1, 0.15) is 28.8 Å². The Kier molecular flexibility index (Phi) is 9.80. The summed E-state index contributed by atoms with van der Waals surface area (Å²) >= 11 is 1.90. The summed E-state index contributed by atoms with van der Waals surface area (Å²) in [6, 6.07) is 80.0. The first-order valence-electron chi connectivity index (χ1n) is 23.2. The van der Waals surface area contributed by atoms with Crippen molar-refractivity contribution >= 4 is 58.9 Å². The van der Waals surface area contributed by atoms with Gasteiger partial charge in [-0.1, -0.05) is 206 Å². The third-order valence-electron chi connectivity index (χ3n) is 13.4. The molecular weight excluding hydrogens is 845 g/mol. The maximum atomic E-state index is 5.42. The van der Waals surface area contributed by atoms with Crippen LogP contribution in [0.5, 0.6) is 0 Å². The number of thiophene rings is 1. The first-order chi connectivity index (χ1) is 33.7. The molecular formula is C63H42N4S. The van der Waals surface area contributed by atoms with Gasteiger partial charge >= 0.3 is 0 Å². The molecule has 0 saturated heterocycles. The third-order valence-corrected chi connectivity index (χ3v) is 14.7. The molecule has 0 saturated carbocycles. The van der Waals surface area contributed by atoms with E-state index in [0.29, 0.717) is 11.6 Å². The molecule has 0 amide bonds. The Bertz CT molecular complexity index is 3780. The monoisotopic (exact) mass is 886 g/mol. The lowest BCUT2D eigenvalue weighted by Gasteiger charge is -2.27. The summed E-state index contributed by atoms with van der Waals surface area (Å²) < 4.78 is 5.00. The zero-order valence-corrected chi connectivity index (χ0v) is 37.8. The summed E-state index contributed by atoms with van der Waals surface area (Å²) in [6.07, 6.45) is 7.15. The Hall–Kier alpha value is -8.51. The Balaban J connectivity index is 1.05. The van der Waals surface area contributed by atoms with Crippen LogP contribution in [0.2, 0.25) is 0 Å². The van der Waals surface area contributed by atoms with Gasteiger partial charge in [-0.05, 0) is 75.4 Å². The lowest BCUT2D eigenvalue weighted by atomic mass is 9.78. The van der Waals surface area contributed by atoms with Gasteiger partial charge in [0.15, 0.2) is 11.6 Å². The lowest BCUT2D eigenvalue weighted by Crippen LogP contribution is -2.16. The summed E-state index contributed by atoms with van der Waals surface area (Å²) in [6.45, 7) is 0. The Labute approximate surface area is 398 Å². The van der Waals surface area contributed by atoms with E-state index in [9.17, 15) is 0 Å². The SMILES string of the molecule is C1=CC(c2cccc3c2sc2c3ccc3c4ccccc4n(-c4ccccc4)c32)C(c2nc(-c3ccccc3)nc(-c3ccccc3)n2)C=C1c1cc(-c2ccccc2)cc(-c2ccccc2)c1. The largest absolute Gasteiger partial charge is 0.308 e. The first kappa shape index (κ1) is 39.8. The molecule has 5 heteroatoms. The molecule has 0 bridgehead atoms. The van der Waals surface area contributed by atoms with E-state index in [-0.39, 0.29) is 11.8 Å². The van der Waals surface area contributed by atoms with Gasteiger partial charge in [0.1, 0.15) is 5.82 Å². The number of hydrogen-bond donors (Lipinski definition) is 0. The van der Waals surface area contributed by atoms with E-state index in [0.717, 1.165) is 33.8 Å². The molecule has 9 aromatic carbocycles. The number of fused-ring (bicyclic) bond motifs is 7. The Morgan fingerprint density at radius 3 is 1.53 bits per heavy atom. The van der Waals surface area contributed by atoms with Crippen LogP contribution in [0.25, 0.3) is 98.3 Å². The molecule has 1 aliphatic rings. The number of para-hydroxylation sites is 2. The molecule has 0 fully saturated rings. The predicted molar refractivity (Wildman–Crippen MR) is 284 cm³/mol. The number of nitrogens with zero attached hydrogens (tertiary/aromatic N) is 4. The maximum Gasteiger partial charge on any atom is 0.163 e. The van der Waals surface area contributed by atoms with Crippen LogP contribution in [0.4, 0.5) is 0 Å². The Morgan fingerprint density at radius 1 is 0.382 bits per heavy atom. The minimum Gasteiger partial charge on any atom is -0.308 e.